The zero-order valence-electron chi connectivity index (χ0n) is 8.95. The number of benzene rings is 1. The van der Waals surface area contributed by atoms with E-state index in [2.05, 4.69) is 9.97 Å². The van der Waals surface area contributed by atoms with Crippen molar-refractivity contribution >= 4 is 16.5 Å². The summed E-state index contributed by atoms with van der Waals surface area (Å²) in [5.41, 5.74) is 8.68. The molecular formula is C12H10N4S. The molecule has 1 aromatic carbocycles. The van der Waals surface area contributed by atoms with E-state index in [4.69, 9.17) is 5.73 Å². The average Bonchev–Trinajstić information content (AvgIpc) is 3.00. The van der Waals surface area contributed by atoms with Crippen molar-refractivity contribution in [1.82, 2.24) is 14.5 Å². The Labute approximate surface area is 102 Å². The molecule has 0 aliphatic carbocycles. The summed E-state index contributed by atoms with van der Waals surface area (Å²) in [6, 6.07) is 8.05. The zero-order valence-corrected chi connectivity index (χ0v) is 9.76. The molecule has 0 bridgehead atoms. The monoisotopic (exact) mass is 242 g/mol. The van der Waals surface area contributed by atoms with Gasteiger partial charge in [-0.05, 0) is 6.07 Å². The maximum absolute atomic E-state index is 5.67. The predicted octanol–water partition coefficient (Wildman–Crippen LogP) is 2.58. The smallest absolute Gasteiger partial charge is 0.180 e. The first-order chi connectivity index (χ1) is 8.34. The molecule has 0 fully saturated rings. The van der Waals surface area contributed by atoms with E-state index in [1.54, 1.807) is 12.5 Å². The van der Waals surface area contributed by atoms with Crippen LogP contribution in [0.4, 0.5) is 5.13 Å². The number of aromatic nitrogens is 3. The fourth-order valence-electron chi connectivity index (χ4n) is 1.73. The molecule has 0 amide bonds. The molecule has 0 aliphatic rings. The highest BCUT2D eigenvalue weighted by Crippen LogP contribution is 2.28. The van der Waals surface area contributed by atoms with Crippen LogP contribution in [0.25, 0.3) is 16.9 Å². The van der Waals surface area contributed by atoms with Crippen LogP contribution in [0.3, 0.4) is 0 Å². The molecule has 0 aliphatic heterocycles. The lowest BCUT2D eigenvalue weighted by Crippen LogP contribution is -1.94. The Hall–Kier alpha value is -2.14. The van der Waals surface area contributed by atoms with Gasteiger partial charge in [0.2, 0.25) is 0 Å². The van der Waals surface area contributed by atoms with Crippen molar-refractivity contribution in [3.63, 3.8) is 0 Å². The minimum Gasteiger partial charge on any atom is -0.375 e. The molecule has 3 rings (SSSR count). The largest absolute Gasteiger partial charge is 0.375 e. The molecule has 2 aromatic heterocycles. The first-order valence-electron chi connectivity index (χ1n) is 5.13. The van der Waals surface area contributed by atoms with Crippen LogP contribution in [-0.4, -0.2) is 14.5 Å². The summed E-state index contributed by atoms with van der Waals surface area (Å²) in [5, 5.41) is 2.55. The summed E-state index contributed by atoms with van der Waals surface area (Å²) in [5.74, 6) is 0. The molecule has 84 valence electrons. The van der Waals surface area contributed by atoms with Crippen molar-refractivity contribution in [1.29, 1.82) is 0 Å². The molecular weight excluding hydrogens is 232 g/mol. The molecule has 3 aromatic rings. The maximum atomic E-state index is 5.67. The van der Waals surface area contributed by atoms with E-state index in [9.17, 15) is 0 Å². The molecule has 2 heterocycles. The molecule has 5 heteroatoms. The number of nitrogens with zero attached hydrogens (tertiary/aromatic N) is 3. The third kappa shape index (κ3) is 1.81. The molecule has 0 unspecified atom stereocenters. The third-order valence-corrected chi connectivity index (χ3v) is 3.16. The van der Waals surface area contributed by atoms with Gasteiger partial charge in [-0.15, -0.1) is 11.3 Å². The number of rotatable bonds is 2. The van der Waals surface area contributed by atoms with Gasteiger partial charge in [-0.25, -0.2) is 9.97 Å². The van der Waals surface area contributed by atoms with Crippen molar-refractivity contribution in [3.05, 3.63) is 48.4 Å². The average molecular weight is 242 g/mol. The summed E-state index contributed by atoms with van der Waals surface area (Å²) in [6.07, 6.45) is 5.44. The van der Waals surface area contributed by atoms with E-state index in [0.717, 1.165) is 16.9 Å². The van der Waals surface area contributed by atoms with E-state index < -0.39 is 0 Å². The first kappa shape index (κ1) is 10.0. The first-order valence-corrected chi connectivity index (χ1v) is 6.01. The molecule has 0 saturated carbocycles. The summed E-state index contributed by atoms with van der Waals surface area (Å²) >= 11 is 1.45. The number of imidazole rings is 1. The van der Waals surface area contributed by atoms with Gasteiger partial charge < -0.3 is 10.3 Å². The van der Waals surface area contributed by atoms with Gasteiger partial charge in [-0.1, -0.05) is 18.2 Å². The molecule has 0 radical (unpaired) electrons. The standard InChI is InChI=1S/C12H10N4S/c13-12-15-10(7-17-12)9-3-1-2-4-11(9)16-6-5-14-8-16/h1-8H,(H2,13,15). The fraction of sp³-hybridized carbons (Fsp3) is 0. The summed E-state index contributed by atoms with van der Waals surface area (Å²) in [7, 11) is 0. The Morgan fingerprint density at radius 3 is 2.82 bits per heavy atom. The van der Waals surface area contributed by atoms with E-state index >= 15 is 0 Å². The summed E-state index contributed by atoms with van der Waals surface area (Å²) in [4.78, 5) is 8.37. The van der Waals surface area contributed by atoms with Crippen LogP contribution >= 0.6 is 11.3 Å². The van der Waals surface area contributed by atoms with Crippen molar-refractivity contribution < 1.29 is 0 Å². The number of anilines is 1. The van der Waals surface area contributed by atoms with Crippen LogP contribution in [-0.2, 0) is 0 Å². The Morgan fingerprint density at radius 1 is 1.24 bits per heavy atom. The second-order valence-electron chi connectivity index (χ2n) is 3.56. The lowest BCUT2D eigenvalue weighted by molar-refractivity contribution is 1.06. The normalized spacial score (nSPS) is 10.6. The van der Waals surface area contributed by atoms with Crippen LogP contribution in [0, 0.1) is 0 Å². The van der Waals surface area contributed by atoms with Gasteiger partial charge in [0.05, 0.1) is 17.7 Å². The number of nitrogens with two attached hydrogens (primary N) is 1. The molecule has 17 heavy (non-hydrogen) atoms. The Bertz CT molecular complexity index is 628. The van der Waals surface area contributed by atoms with Crippen LogP contribution in [0.15, 0.2) is 48.4 Å². The minimum absolute atomic E-state index is 0.584. The Kier molecular flexibility index (Phi) is 2.38. The molecule has 2 N–H and O–H groups in total. The van der Waals surface area contributed by atoms with Crippen LogP contribution in [0.2, 0.25) is 0 Å². The lowest BCUT2D eigenvalue weighted by atomic mass is 10.1. The van der Waals surface area contributed by atoms with Crippen molar-refractivity contribution in [3.8, 4) is 16.9 Å². The van der Waals surface area contributed by atoms with E-state index in [1.807, 2.05) is 40.4 Å². The van der Waals surface area contributed by atoms with Gasteiger partial charge >= 0.3 is 0 Å². The van der Waals surface area contributed by atoms with Crippen molar-refractivity contribution in [2.45, 2.75) is 0 Å². The number of nitrogen functional groups attached to an aromatic ring is 1. The highest BCUT2D eigenvalue weighted by Gasteiger charge is 2.08. The van der Waals surface area contributed by atoms with Gasteiger partial charge in [-0.3, -0.25) is 0 Å². The minimum atomic E-state index is 0.584. The van der Waals surface area contributed by atoms with Crippen molar-refractivity contribution in [2.24, 2.45) is 0 Å². The molecule has 0 saturated heterocycles. The number of para-hydroxylation sites is 1. The van der Waals surface area contributed by atoms with E-state index in [-0.39, 0.29) is 0 Å². The quantitative estimate of drug-likeness (QED) is 0.751. The third-order valence-electron chi connectivity index (χ3n) is 2.48. The fourth-order valence-corrected chi connectivity index (χ4v) is 2.29. The SMILES string of the molecule is Nc1nc(-c2ccccc2-n2ccnc2)cs1. The van der Waals surface area contributed by atoms with Crippen LogP contribution < -0.4 is 5.73 Å². The Balaban J connectivity index is 2.17. The molecule has 0 spiro atoms. The Morgan fingerprint density at radius 2 is 2.12 bits per heavy atom. The molecule has 0 atom stereocenters. The van der Waals surface area contributed by atoms with Gasteiger partial charge in [-0.2, -0.15) is 0 Å². The van der Waals surface area contributed by atoms with Crippen LogP contribution in [0.5, 0.6) is 0 Å². The van der Waals surface area contributed by atoms with Gasteiger partial charge in [0.25, 0.3) is 0 Å². The van der Waals surface area contributed by atoms with Crippen LogP contribution in [0.1, 0.15) is 0 Å². The highest BCUT2D eigenvalue weighted by atomic mass is 32.1. The maximum Gasteiger partial charge on any atom is 0.180 e. The summed E-state index contributed by atoms with van der Waals surface area (Å²) < 4.78 is 1.96. The van der Waals surface area contributed by atoms with Gasteiger partial charge in [0.1, 0.15) is 0 Å². The molecule has 4 nitrogen and oxygen atoms in total. The van der Waals surface area contributed by atoms with Gasteiger partial charge in [0.15, 0.2) is 5.13 Å². The number of hydrogen-bond donors (Lipinski definition) is 1. The highest BCUT2D eigenvalue weighted by molar-refractivity contribution is 7.13. The van der Waals surface area contributed by atoms with Gasteiger partial charge in [0, 0.05) is 23.3 Å². The topological polar surface area (TPSA) is 56.7 Å². The second kappa shape index (κ2) is 4.03. The van der Waals surface area contributed by atoms with E-state index in [1.165, 1.54) is 11.3 Å². The second-order valence-corrected chi connectivity index (χ2v) is 4.45. The number of hydrogen-bond acceptors (Lipinski definition) is 4. The van der Waals surface area contributed by atoms with Crippen molar-refractivity contribution in [2.75, 3.05) is 5.73 Å². The summed E-state index contributed by atoms with van der Waals surface area (Å²) in [6.45, 7) is 0. The number of thiazole rings is 1. The lowest BCUT2D eigenvalue weighted by Gasteiger charge is -2.07. The van der Waals surface area contributed by atoms with E-state index in [0.29, 0.717) is 5.13 Å². The zero-order chi connectivity index (χ0) is 11.7. The predicted molar refractivity (Wildman–Crippen MR) is 69.1 cm³/mol.